The lowest BCUT2D eigenvalue weighted by Gasteiger charge is -2.15. The lowest BCUT2D eigenvalue weighted by molar-refractivity contribution is 0.400. The van der Waals surface area contributed by atoms with E-state index in [9.17, 15) is 16.8 Å². The number of halogens is 2. The van der Waals surface area contributed by atoms with E-state index < -0.39 is 19.9 Å². The third-order valence-electron chi connectivity index (χ3n) is 3.35. The zero-order valence-electron chi connectivity index (χ0n) is 13.5. The van der Waals surface area contributed by atoms with E-state index in [-0.39, 0.29) is 26.3 Å². The first-order valence-electron chi connectivity index (χ1n) is 6.82. The molecule has 0 radical (unpaired) electrons. The molecule has 0 fully saturated rings. The highest BCUT2D eigenvalue weighted by atomic mass is 79.9. The Morgan fingerprint density at radius 2 is 1.76 bits per heavy atom. The van der Waals surface area contributed by atoms with Gasteiger partial charge in [-0.3, -0.25) is 4.72 Å². The summed E-state index contributed by atoms with van der Waals surface area (Å²) in [7, 11) is -6.21. The molecule has 0 amide bonds. The topological polar surface area (TPSA) is 89.5 Å². The lowest BCUT2D eigenvalue weighted by Crippen LogP contribution is -2.15. The Balaban J connectivity index is 2.58. The standard InChI is InChI=1S/C15H15BrClNO5S2/c1-9-4-5-11(24(3,19)20)8-13(9)18-25(21,22)14-7-10(17)6-12(16)15(14)23-2/h4-8,18H,1-3H3. The van der Waals surface area contributed by atoms with Gasteiger partial charge in [-0.1, -0.05) is 17.7 Å². The molecule has 2 aromatic rings. The van der Waals surface area contributed by atoms with E-state index >= 15 is 0 Å². The molecule has 0 aliphatic heterocycles. The molecule has 0 bridgehead atoms. The smallest absolute Gasteiger partial charge is 0.265 e. The maximum absolute atomic E-state index is 12.8. The number of ether oxygens (including phenoxy) is 1. The largest absolute Gasteiger partial charge is 0.494 e. The number of sulfonamides is 1. The molecule has 0 saturated heterocycles. The Morgan fingerprint density at radius 3 is 2.32 bits per heavy atom. The van der Waals surface area contributed by atoms with Crippen molar-refractivity contribution < 1.29 is 21.6 Å². The van der Waals surface area contributed by atoms with Crippen molar-refractivity contribution >= 4 is 53.1 Å². The van der Waals surface area contributed by atoms with Gasteiger partial charge in [0.05, 0.1) is 22.2 Å². The number of hydrogen-bond donors (Lipinski definition) is 1. The summed E-state index contributed by atoms with van der Waals surface area (Å²) in [4.78, 5) is -0.159. The first kappa shape index (κ1) is 20.0. The number of nitrogens with one attached hydrogen (secondary N) is 1. The number of aryl methyl sites for hydroxylation is 1. The molecule has 0 unspecified atom stereocenters. The van der Waals surface area contributed by atoms with E-state index in [4.69, 9.17) is 16.3 Å². The molecule has 0 atom stereocenters. The highest BCUT2D eigenvalue weighted by molar-refractivity contribution is 9.10. The fourth-order valence-corrected chi connectivity index (χ4v) is 5.23. The van der Waals surface area contributed by atoms with Crippen LogP contribution in [0.1, 0.15) is 5.56 Å². The minimum Gasteiger partial charge on any atom is -0.494 e. The second-order valence-corrected chi connectivity index (χ2v) is 10.2. The third kappa shape index (κ3) is 4.46. The first-order chi connectivity index (χ1) is 11.5. The Hall–Kier alpha value is -1.29. The molecule has 136 valence electrons. The number of rotatable bonds is 5. The SMILES string of the molecule is COc1c(Br)cc(Cl)cc1S(=O)(=O)Nc1cc(S(C)(=O)=O)ccc1C. The van der Waals surface area contributed by atoms with Crippen molar-refractivity contribution in [3.05, 3.63) is 45.4 Å². The van der Waals surface area contributed by atoms with Crippen LogP contribution in [-0.4, -0.2) is 30.2 Å². The van der Waals surface area contributed by atoms with Gasteiger partial charge in [0, 0.05) is 11.3 Å². The Morgan fingerprint density at radius 1 is 1.12 bits per heavy atom. The van der Waals surface area contributed by atoms with Crippen LogP contribution >= 0.6 is 27.5 Å². The molecule has 0 aliphatic rings. The second kappa shape index (κ2) is 7.14. The zero-order chi connectivity index (χ0) is 19.0. The van der Waals surface area contributed by atoms with E-state index in [0.717, 1.165) is 6.26 Å². The molecule has 0 spiro atoms. The Kier molecular flexibility index (Phi) is 5.72. The monoisotopic (exact) mass is 467 g/mol. The number of benzene rings is 2. The van der Waals surface area contributed by atoms with Crippen LogP contribution in [-0.2, 0) is 19.9 Å². The molecule has 25 heavy (non-hydrogen) atoms. The van der Waals surface area contributed by atoms with Gasteiger partial charge < -0.3 is 4.74 Å². The van der Waals surface area contributed by atoms with Crippen LogP contribution in [0.25, 0.3) is 0 Å². The number of anilines is 1. The fourth-order valence-electron chi connectivity index (χ4n) is 2.08. The first-order valence-corrected chi connectivity index (χ1v) is 11.4. The predicted octanol–water partition coefficient (Wildman–Crippen LogP) is 3.62. The van der Waals surface area contributed by atoms with Gasteiger partial charge in [-0.05, 0) is 52.7 Å². The average Bonchev–Trinajstić information content (AvgIpc) is 2.47. The normalized spacial score (nSPS) is 12.0. The van der Waals surface area contributed by atoms with Crippen molar-refractivity contribution in [3.63, 3.8) is 0 Å². The molecule has 0 aliphatic carbocycles. The molecule has 6 nitrogen and oxygen atoms in total. The van der Waals surface area contributed by atoms with Crippen LogP contribution in [0.3, 0.4) is 0 Å². The number of methoxy groups -OCH3 is 1. The van der Waals surface area contributed by atoms with Crippen LogP contribution in [0.15, 0.2) is 44.6 Å². The maximum Gasteiger partial charge on any atom is 0.265 e. The Labute approximate surface area is 160 Å². The molecule has 0 heterocycles. The van der Waals surface area contributed by atoms with Crippen LogP contribution in [0.5, 0.6) is 5.75 Å². The highest BCUT2D eigenvalue weighted by Gasteiger charge is 2.24. The summed E-state index contributed by atoms with van der Waals surface area (Å²) in [5.41, 5.74) is 0.720. The van der Waals surface area contributed by atoms with E-state index in [1.165, 1.54) is 37.4 Å². The maximum atomic E-state index is 12.8. The molecule has 0 saturated carbocycles. The fraction of sp³-hybridized carbons (Fsp3) is 0.200. The second-order valence-electron chi connectivity index (χ2n) is 5.27. The average molecular weight is 469 g/mol. The lowest BCUT2D eigenvalue weighted by atomic mass is 10.2. The van der Waals surface area contributed by atoms with Gasteiger partial charge in [-0.15, -0.1) is 0 Å². The van der Waals surface area contributed by atoms with E-state index in [1.807, 2.05) is 0 Å². The Bertz CT molecular complexity index is 1040. The summed E-state index contributed by atoms with van der Waals surface area (Å²) < 4.78 is 56.9. The van der Waals surface area contributed by atoms with Crippen LogP contribution < -0.4 is 9.46 Å². The van der Waals surface area contributed by atoms with Crippen molar-refractivity contribution in [2.75, 3.05) is 18.1 Å². The van der Waals surface area contributed by atoms with Crippen molar-refractivity contribution in [1.29, 1.82) is 0 Å². The summed E-state index contributed by atoms with van der Waals surface area (Å²) in [5, 5.41) is 0.203. The van der Waals surface area contributed by atoms with Crippen LogP contribution in [0.4, 0.5) is 5.69 Å². The zero-order valence-corrected chi connectivity index (χ0v) is 17.5. The minimum absolute atomic E-state index is 0.00930. The van der Waals surface area contributed by atoms with Gasteiger partial charge in [0.2, 0.25) is 0 Å². The molecule has 2 rings (SSSR count). The summed E-state index contributed by atoms with van der Waals surface area (Å²) in [6.07, 6.45) is 1.05. The summed E-state index contributed by atoms with van der Waals surface area (Å²) in [5.74, 6) is 0.0915. The van der Waals surface area contributed by atoms with Gasteiger partial charge in [0.25, 0.3) is 10.0 Å². The quantitative estimate of drug-likeness (QED) is 0.724. The molecular formula is C15H15BrClNO5S2. The molecule has 1 N–H and O–H groups in total. The highest BCUT2D eigenvalue weighted by Crippen LogP contribution is 2.36. The number of hydrogen-bond acceptors (Lipinski definition) is 5. The molecule has 0 aromatic heterocycles. The van der Waals surface area contributed by atoms with Crippen LogP contribution in [0, 0.1) is 6.92 Å². The van der Waals surface area contributed by atoms with E-state index in [2.05, 4.69) is 20.7 Å². The van der Waals surface area contributed by atoms with Crippen molar-refractivity contribution in [2.45, 2.75) is 16.7 Å². The number of sulfone groups is 1. The van der Waals surface area contributed by atoms with Gasteiger partial charge in [0.15, 0.2) is 15.6 Å². The van der Waals surface area contributed by atoms with Crippen molar-refractivity contribution in [1.82, 2.24) is 0 Å². The van der Waals surface area contributed by atoms with E-state index in [0.29, 0.717) is 10.0 Å². The molecule has 10 heteroatoms. The summed E-state index contributed by atoms with van der Waals surface area (Å²) in [6, 6.07) is 6.98. The minimum atomic E-state index is -4.07. The van der Waals surface area contributed by atoms with Gasteiger partial charge in [0.1, 0.15) is 4.90 Å². The molecule has 2 aromatic carbocycles. The third-order valence-corrected chi connectivity index (χ3v) is 6.64. The van der Waals surface area contributed by atoms with Gasteiger partial charge in [-0.25, -0.2) is 16.8 Å². The summed E-state index contributed by atoms with van der Waals surface area (Å²) >= 11 is 9.15. The predicted molar refractivity (Wildman–Crippen MR) is 101 cm³/mol. The van der Waals surface area contributed by atoms with Gasteiger partial charge >= 0.3 is 0 Å². The van der Waals surface area contributed by atoms with Crippen molar-refractivity contribution in [2.24, 2.45) is 0 Å². The van der Waals surface area contributed by atoms with Crippen LogP contribution in [0.2, 0.25) is 5.02 Å². The van der Waals surface area contributed by atoms with Crippen molar-refractivity contribution in [3.8, 4) is 5.75 Å². The van der Waals surface area contributed by atoms with E-state index in [1.54, 1.807) is 6.92 Å². The molecular weight excluding hydrogens is 454 g/mol. The van der Waals surface area contributed by atoms with Gasteiger partial charge in [-0.2, -0.15) is 0 Å². The summed E-state index contributed by atoms with van der Waals surface area (Å²) in [6.45, 7) is 1.66.